The lowest BCUT2D eigenvalue weighted by Gasteiger charge is -2.21. The summed E-state index contributed by atoms with van der Waals surface area (Å²) in [5.74, 6) is 0. The third kappa shape index (κ3) is 2.64. The van der Waals surface area contributed by atoms with E-state index in [1.165, 1.54) is 11.1 Å². The molecule has 0 aliphatic rings. The highest BCUT2D eigenvalue weighted by atomic mass is 31.1. The van der Waals surface area contributed by atoms with E-state index in [2.05, 4.69) is 49.1 Å². The maximum Gasteiger partial charge on any atom is 0.415 e. The van der Waals surface area contributed by atoms with Crippen molar-refractivity contribution in [3.05, 3.63) is 54.6 Å². The van der Waals surface area contributed by atoms with Crippen LogP contribution in [0.1, 0.15) is 13.8 Å². The Balaban J connectivity index is 2.47. The number of hydrogen-bond acceptors (Lipinski definition) is 2. The molecular weight excluding hydrogens is 277 g/mol. The molecule has 0 amide bonds. The van der Waals surface area contributed by atoms with Crippen LogP contribution in [-0.4, -0.2) is 13.1 Å². The molecule has 4 heterocycles. The van der Waals surface area contributed by atoms with Gasteiger partial charge in [-0.1, -0.05) is 16.7 Å². The van der Waals surface area contributed by atoms with Crippen molar-refractivity contribution in [2.45, 2.75) is 13.8 Å². The van der Waals surface area contributed by atoms with Crippen LogP contribution in [-0.2, 0) is 4.57 Å². The number of nitrogens with zero attached hydrogens (tertiary/aromatic N) is 1. The zero-order chi connectivity index (χ0) is 14.8. The molecule has 0 aliphatic carbocycles. The number of benzene rings is 2. The number of hydrogen-bond donors (Lipinski definition) is 0. The summed E-state index contributed by atoms with van der Waals surface area (Å²) < 4.78 is 12.5. The summed E-state index contributed by atoms with van der Waals surface area (Å²) >= 11 is 0. The highest BCUT2D eigenvalue weighted by molar-refractivity contribution is 7.47. The summed E-state index contributed by atoms with van der Waals surface area (Å²) in [4.78, 5) is 2.35. The summed E-state index contributed by atoms with van der Waals surface area (Å²) in [7, 11) is -1.49. The first-order valence-corrected chi connectivity index (χ1v) is 8.63. The highest BCUT2D eigenvalue weighted by Gasteiger charge is 2.09. The molecule has 0 radical (unpaired) electrons. The van der Waals surface area contributed by atoms with Crippen molar-refractivity contribution < 1.29 is 4.57 Å². The standard InChI is InChI=1S/C18H19NOP/c1-3-19(4-2)18-13-14-5-9-16(10-6-14)21(20)17-11-7-15(18)8-12-17/h5-13H,3-4H2,1-2H3/q+1. The van der Waals surface area contributed by atoms with Gasteiger partial charge in [0, 0.05) is 18.8 Å². The molecule has 0 aliphatic heterocycles. The van der Waals surface area contributed by atoms with Gasteiger partial charge in [-0.05, 0) is 67.1 Å². The van der Waals surface area contributed by atoms with E-state index in [-0.39, 0.29) is 0 Å². The van der Waals surface area contributed by atoms with Crippen molar-refractivity contribution in [2.75, 3.05) is 18.0 Å². The van der Waals surface area contributed by atoms with Gasteiger partial charge in [-0.25, -0.2) is 0 Å². The van der Waals surface area contributed by atoms with Crippen LogP contribution < -0.4 is 4.90 Å². The average molecular weight is 296 g/mol. The predicted molar refractivity (Wildman–Crippen MR) is 92.6 cm³/mol. The normalized spacial score (nSPS) is 11.8. The number of anilines is 1. The van der Waals surface area contributed by atoms with E-state index < -0.39 is 7.41 Å². The second-order valence-corrected chi connectivity index (χ2v) is 6.76. The maximum atomic E-state index is 12.5. The second kappa shape index (κ2) is 5.83. The summed E-state index contributed by atoms with van der Waals surface area (Å²) in [5.41, 5.74) is 1.22. The van der Waals surface area contributed by atoms with Crippen molar-refractivity contribution in [2.24, 2.45) is 0 Å². The number of rotatable bonds is 3. The summed E-state index contributed by atoms with van der Waals surface area (Å²) in [6.07, 6.45) is 0. The van der Waals surface area contributed by atoms with Crippen LogP contribution in [0.15, 0.2) is 54.6 Å². The van der Waals surface area contributed by atoms with E-state index in [0.29, 0.717) is 0 Å². The summed E-state index contributed by atoms with van der Waals surface area (Å²) in [6, 6.07) is 18.4. The molecule has 6 rings (SSSR count). The molecule has 4 aromatic heterocycles. The lowest BCUT2D eigenvalue weighted by Crippen LogP contribution is -2.21. The fraction of sp³-hybridized carbons (Fsp3) is 0.222. The summed E-state index contributed by atoms with van der Waals surface area (Å²) in [6.45, 7) is 6.28. The first kappa shape index (κ1) is 14.0. The zero-order valence-electron chi connectivity index (χ0n) is 12.4. The Kier molecular flexibility index (Phi) is 3.90. The van der Waals surface area contributed by atoms with Gasteiger partial charge in [-0.15, -0.1) is 0 Å². The van der Waals surface area contributed by atoms with Gasteiger partial charge in [-0.2, -0.15) is 0 Å². The Bertz CT molecular complexity index is 816. The van der Waals surface area contributed by atoms with E-state index in [1.807, 2.05) is 24.3 Å². The van der Waals surface area contributed by atoms with Crippen molar-refractivity contribution in [1.29, 1.82) is 0 Å². The van der Waals surface area contributed by atoms with E-state index in [1.54, 1.807) is 0 Å². The molecule has 2 nitrogen and oxygen atoms in total. The van der Waals surface area contributed by atoms with Crippen LogP contribution in [0.5, 0.6) is 0 Å². The molecule has 21 heavy (non-hydrogen) atoms. The molecule has 3 heteroatoms. The minimum atomic E-state index is -1.49. The quantitative estimate of drug-likeness (QED) is 0.628. The van der Waals surface area contributed by atoms with Crippen molar-refractivity contribution in [3.8, 4) is 0 Å². The summed E-state index contributed by atoms with van der Waals surface area (Å²) in [5, 5.41) is 4.10. The van der Waals surface area contributed by atoms with Crippen LogP contribution in [0, 0.1) is 0 Å². The van der Waals surface area contributed by atoms with Crippen molar-refractivity contribution in [3.63, 3.8) is 0 Å². The van der Waals surface area contributed by atoms with Crippen molar-refractivity contribution in [1.82, 2.24) is 0 Å². The second-order valence-electron chi connectivity index (χ2n) is 5.13. The van der Waals surface area contributed by atoms with Gasteiger partial charge < -0.3 is 4.90 Å². The van der Waals surface area contributed by atoms with Crippen LogP contribution in [0.4, 0.5) is 5.69 Å². The van der Waals surface area contributed by atoms with E-state index >= 15 is 0 Å². The monoisotopic (exact) mass is 296 g/mol. The average Bonchev–Trinajstić information content (AvgIpc) is 2.60. The minimum Gasteiger partial charge on any atom is -0.372 e. The van der Waals surface area contributed by atoms with Crippen molar-refractivity contribution >= 4 is 34.1 Å². The van der Waals surface area contributed by atoms with Crippen LogP contribution >= 0.6 is 7.41 Å². The molecule has 0 spiro atoms. The molecule has 0 saturated heterocycles. The molecule has 0 N–H and O–H groups in total. The maximum absolute atomic E-state index is 12.5. The molecule has 0 fully saturated rings. The van der Waals surface area contributed by atoms with Gasteiger partial charge in [0.15, 0.2) is 10.2 Å². The van der Waals surface area contributed by atoms with Gasteiger partial charge in [0.1, 0.15) is 0 Å². The van der Waals surface area contributed by atoms with Crippen LogP contribution in [0.25, 0.3) is 21.0 Å². The van der Waals surface area contributed by atoms with Crippen LogP contribution in [0.2, 0.25) is 0 Å². The Morgan fingerprint density at radius 1 is 0.857 bits per heavy atom. The molecule has 4 bridgehead atoms. The zero-order valence-corrected chi connectivity index (χ0v) is 13.3. The fourth-order valence-corrected chi connectivity index (χ4v) is 3.84. The van der Waals surface area contributed by atoms with E-state index in [0.717, 1.165) is 28.7 Å². The smallest absolute Gasteiger partial charge is 0.372 e. The largest absolute Gasteiger partial charge is 0.415 e. The first-order valence-electron chi connectivity index (χ1n) is 7.37. The Hall–Kier alpha value is -1.92. The molecule has 0 saturated carbocycles. The molecule has 1 atom stereocenters. The topological polar surface area (TPSA) is 20.3 Å². The molecule has 1 unspecified atom stereocenters. The van der Waals surface area contributed by atoms with Gasteiger partial charge >= 0.3 is 7.41 Å². The fourth-order valence-electron chi connectivity index (χ4n) is 2.70. The van der Waals surface area contributed by atoms with Gasteiger partial charge in [0.2, 0.25) is 0 Å². The third-order valence-corrected chi connectivity index (χ3v) is 5.47. The highest BCUT2D eigenvalue weighted by Crippen LogP contribution is 2.31. The van der Waals surface area contributed by atoms with Gasteiger partial charge in [-0.3, -0.25) is 0 Å². The Labute approximate surface area is 125 Å². The molecule has 106 valence electrons. The molecule has 6 aromatic rings. The van der Waals surface area contributed by atoms with E-state index in [4.69, 9.17) is 0 Å². The minimum absolute atomic E-state index is 0.890. The van der Waals surface area contributed by atoms with Gasteiger partial charge in [0.05, 0.1) is 0 Å². The first-order chi connectivity index (χ1) is 10.2. The SMILES string of the molecule is CCN(CC)c1cc2ccc(cc2)[p+](=O)c2ccc1cc2. The van der Waals surface area contributed by atoms with Crippen LogP contribution in [0.3, 0.4) is 0 Å². The van der Waals surface area contributed by atoms with Gasteiger partial charge in [0.25, 0.3) is 0 Å². The lowest BCUT2D eigenvalue weighted by atomic mass is 10.1. The molecular formula is C18H19NOP+. The predicted octanol–water partition coefficient (Wildman–Crippen LogP) is 5.58. The Morgan fingerprint density at radius 2 is 1.38 bits per heavy atom. The molecule has 2 aromatic carbocycles. The van der Waals surface area contributed by atoms with E-state index in [9.17, 15) is 4.57 Å². The Morgan fingerprint density at radius 3 is 1.90 bits per heavy atom. The third-order valence-electron chi connectivity index (χ3n) is 3.93. The lowest BCUT2D eigenvalue weighted by molar-refractivity contribution is 0.602.